The molecule has 0 atom stereocenters. The quantitative estimate of drug-likeness (QED) is 0.411. The number of carbonyl (C=O) groups excluding carboxylic acids is 2. The van der Waals surface area contributed by atoms with E-state index in [1.54, 1.807) is 0 Å². The molecule has 80 valence electrons. The molecule has 1 N–H and O–H groups in total. The number of amides is 1. The molecule has 14 heavy (non-hydrogen) atoms. The Balaban J connectivity index is 3.86. The zero-order chi connectivity index (χ0) is 11.2. The molecule has 0 heterocycles. The normalized spacial score (nSPS) is 10.5. The fourth-order valence-electron chi connectivity index (χ4n) is 0.632. The van der Waals surface area contributed by atoms with Crippen molar-refractivity contribution in [3.05, 3.63) is 12.7 Å². The van der Waals surface area contributed by atoms with Gasteiger partial charge in [0.15, 0.2) is 6.73 Å². The molecule has 0 fully saturated rings. The van der Waals surface area contributed by atoms with Crippen molar-refractivity contribution in [2.75, 3.05) is 6.73 Å². The summed E-state index contributed by atoms with van der Waals surface area (Å²) in [6.45, 7) is 8.72. The highest BCUT2D eigenvalue weighted by molar-refractivity contribution is 5.83. The van der Waals surface area contributed by atoms with E-state index in [4.69, 9.17) is 0 Å². The fourth-order valence-corrected chi connectivity index (χ4v) is 0.632. The van der Waals surface area contributed by atoms with E-state index in [0.717, 1.165) is 12.5 Å². The SMILES string of the molecule is C=CC(=O)OCNC(=O)C(C)(C)CC. The van der Waals surface area contributed by atoms with Gasteiger partial charge in [0.25, 0.3) is 0 Å². The second-order valence-electron chi connectivity index (χ2n) is 3.56. The minimum atomic E-state index is -0.542. The molecule has 0 rings (SSSR count). The van der Waals surface area contributed by atoms with Gasteiger partial charge in [0.2, 0.25) is 5.91 Å². The van der Waals surface area contributed by atoms with Crippen molar-refractivity contribution in [2.45, 2.75) is 27.2 Å². The van der Waals surface area contributed by atoms with Crippen LogP contribution in [0.3, 0.4) is 0 Å². The minimum absolute atomic E-state index is 0.104. The maximum absolute atomic E-state index is 11.4. The predicted molar refractivity (Wildman–Crippen MR) is 53.4 cm³/mol. The van der Waals surface area contributed by atoms with Crippen LogP contribution in [-0.4, -0.2) is 18.6 Å². The van der Waals surface area contributed by atoms with E-state index < -0.39 is 11.4 Å². The van der Waals surface area contributed by atoms with Crippen LogP contribution in [0.2, 0.25) is 0 Å². The number of esters is 1. The predicted octanol–water partition coefficient (Wildman–Crippen LogP) is 1.23. The molecule has 0 aromatic heterocycles. The molecule has 0 saturated carbocycles. The Hall–Kier alpha value is -1.32. The first-order valence-corrected chi connectivity index (χ1v) is 4.51. The highest BCUT2D eigenvalue weighted by atomic mass is 16.5. The van der Waals surface area contributed by atoms with Crippen molar-refractivity contribution < 1.29 is 14.3 Å². The van der Waals surface area contributed by atoms with E-state index >= 15 is 0 Å². The van der Waals surface area contributed by atoms with Crippen LogP contribution in [0, 0.1) is 5.41 Å². The van der Waals surface area contributed by atoms with Crippen LogP contribution in [0.4, 0.5) is 0 Å². The van der Waals surface area contributed by atoms with Crippen LogP contribution in [0.5, 0.6) is 0 Å². The van der Waals surface area contributed by atoms with Gasteiger partial charge in [-0.05, 0) is 6.42 Å². The monoisotopic (exact) mass is 199 g/mol. The maximum Gasteiger partial charge on any atom is 0.331 e. The molecule has 0 aromatic rings. The van der Waals surface area contributed by atoms with Crippen LogP contribution < -0.4 is 5.32 Å². The van der Waals surface area contributed by atoms with E-state index in [1.807, 2.05) is 20.8 Å². The van der Waals surface area contributed by atoms with Gasteiger partial charge in [-0.3, -0.25) is 4.79 Å². The average molecular weight is 199 g/mol. The van der Waals surface area contributed by atoms with E-state index in [0.29, 0.717) is 0 Å². The lowest BCUT2D eigenvalue weighted by molar-refractivity contribution is -0.141. The molecule has 0 aliphatic rings. The van der Waals surface area contributed by atoms with Gasteiger partial charge >= 0.3 is 5.97 Å². The third-order valence-corrected chi connectivity index (χ3v) is 2.11. The molecule has 1 amide bonds. The number of nitrogens with one attached hydrogen (secondary N) is 1. The summed E-state index contributed by atoms with van der Waals surface area (Å²) in [4.78, 5) is 22.1. The molecular formula is C10H17NO3. The second kappa shape index (κ2) is 5.42. The Morgan fingerprint density at radius 1 is 1.50 bits per heavy atom. The second-order valence-corrected chi connectivity index (χ2v) is 3.56. The van der Waals surface area contributed by atoms with Crippen molar-refractivity contribution >= 4 is 11.9 Å². The summed E-state index contributed by atoms with van der Waals surface area (Å²) >= 11 is 0. The summed E-state index contributed by atoms with van der Waals surface area (Å²) in [6.07, 6.45) is 1.78. The number of rotatable bonds is 5. The highest BCUT2D eigenvalue weighted by Gasteiger charge is 2.24. The summed E-state index contributed by atoms with van der Waals surface area (Å²) in [7, 11) is 0. The number of ether oxygens (including phenoxy) is 1. The molecule has 0 aliphatic carbocycles. The first-order chi connectivity index (χ1) is 6.44. The van der Waals surface area contributed by atoms with Gasteiger partial charge in [-0.1, -0.05) is 27.4 Å². The third-order valence-electron chi connectivity index (χ3n) is 2.11. The van der Waals surface area contributed by atoms with Gasteiger partial charge in [0.05, 0.1) is 0 Å². The molecule has 0 radical (unpaired) electrons. The third kappa shape index (κ3) is 4.07. The van der Waals surface area contributed by atoms with Crippen LogP contribution in [0.25, 0.3) is 0 Å². The lowest BCUT2D eigenvalue weighted by Crippen LogP contribution is -2.38. The molecule has 0 aliphatic heterocycles. The Morgan fingerprint density at radius 3 is 2.50 bits per heavy atom. The van der Waals surface area contributed by atoms with Crippen LogP contribution >= 0.6 is 0 Å². The van der Waals surface area contributed by atoms with Crippen LogP contribution in [0.1, 0.15) is 27.2 Å². The number of hydrogen-bond acceptors (Lipinski definition) is 3. The zero-order valence-electron chi connectivity index (χ0n) is 8.92. The van der Waals surface area contributed by atoms with Gasteiger partial charge in [-0.15, -0.1) is 0 Å². The minimum Gasteiger partial charge on any atom is -0.441 e. The van der Waals surface area contributed by atoms with E-state index in [-0.39, 0.29) is 12.6 Å². The molecule has 0 spiro atoms. The lowest BCUT2D eigenvalue weighted by Gasteiger charge is -2.21. The van der Waals surface area contributed by atoms with Gasteiger partial charge in [0, 0.05) is 11.5 Å². The molecule has 0 aromatic carbocycles. The average Bonchev–Trinajstić information content (AvgIpc) is 2.17. The van der Waals surface area contributed by atoms with Gasteiger partial charge < -0.3 is 10.1 Å². The Morgan fingerprint density at radius 2 is 2.07 bits per heavy atom. The number of carbonyl (C=O) groups is 2. The first kappa shape index (κ1) is 12.7. The van der Waals surface area contributed by atoms with Crippen LogP contribution in [0.15, 0.2) is 12.7 Å². The highest BCUT2D eigenvalue weighted by Crippen LogP contribution is 2.18. The Bertz CT molecular complexity index is 234. The molecular weight excluding hydrogens is 182 g/mol. The zero-order valence-corrected chi connectivity index (χ0v) is 8.92. The molecule has 4 heteroatoms. The van der Waals surface area contributed by atoms with Crippen LogP contribution in [-0.2, 0) is 14.3 Å². The largest absolute Gasteiger partial charge is 0.441 e. The summed E-state index contributed by atoms with van der Waals surface area (Å²) in [5.41, 5.74) is -0.430. The van der Waals surface area contributed by atoms with Crippen molar-refractivity contribution in [2.24, 2.45) is 5.41 Å². The van der Waals surface area contributed by atoms with E-state index in [1.165, 1.54) is 0 Å². The number of hydrogen-bond donors (Lipinski definition) is 1. The Kier molecular flexibility index (Phi) is 4.91. The van der Waals surface area contributed by atoms with E-state index in [9.17, 15) is 9.59 Å². The standard InChI is InChI=1S/C10H17NO3/c1-5-8(12)14-7-11-9(13)10(3,4)6-2/h5H,1,6-7H2,2-4H3,(H,11,13). The molecule has 0 bridgehead atoms. The Labute approximate surface area is 84.3 Å². The van der Waals surface area contributed by atoms with Gasteiger partial charge in [-0.25, -0.2) is 4.79 Å². The van der Waals surface area contributed by atoms with Gasteiger partial charge in [0.1, 0.15) is 0 Å². The van der Waals surface area contributed by atoms with Crippen molar-refractivity contribution in [3.63, 3.8) is 0 Å². The smallest absolute Gasteiger partial charge is 0.331 e. The molecule has 0 saturated heterocycles. The van der Waals surface area contributed by atoms with Crippen molar-refractivity contribution in [1.29, 1.82) is 0 Å². The van der Waals surface area contributed by atoms with Crippen molar-refractivity contribution in [1.82, 2.24) is 5.32 Å². The summed E-state index contributed by atoms with van der Waals surface area (Å²) in [6, 6.07) is 0. The molecule has 0 unspecified atom stereocenters. The topological polar surface area (TPSA) is 55.4 Å². The summed E-state index contributed by atoms with van der Waals surface area (Å²) in [5.74, 6) is -0.670. The summed E-state index contributed by atoms with van der Waals surface area (Å²) in [5, 5.41) is 2.51. The van der Waals surface area contributed by atoms with Gasteiger partial charge in [-0.2, -0.15) is 0 Å². The maximum atomic E-state index is 11.4. The lowest BCUT2D eigenvalue weighted by atomic mass is 9.89. The first-order valence-electron chi connectivity index (χ1n) is 4.51. The van der Waals surface area contributed by atoms with Crippen molar-refractivity contribution in [3.8, 4) is 0 Å². The summed E-state index contributed by atoms with van der Waals surface area (Å²) < 4.78 is 4.61. The van der Waals surface area contributed by atoms with E-state index in [2.05, 4.69) is 16.6 Å². The fraction of sp³-hybridized carbons (Fsp3) is 0.600. The molecule has 4 nitrogen and oxygen atoms in total.